The molecule has 1 atom stereocenters. The maximum atomic E-state index is 3.26. The van der Waals surface area contributed by atoms with Crippen LogP contribution in [0.4, 0.5) is 0 Å². The van der Waals surface area contributed by atoms with Gasteiger partial charge in [-0.25, -0.2) is 0 Å². The van der Waals surface area contributed by atoms with E-state index in [4.69, 9.17) is 0 Å². The molecule has 0 aromatic heterocycles. The summed E-state index contributed by atoms with van der Waals surface area (Å²) in [7, 11) is 3.26. The fraction of sp³-hybridized carbons (Fsp3) is 0.333. The fourth-order valence-electron chi connectivity index (χ4n) is 7.05. The van der Waals surface area contributed by atoms with Crippen LogP contribution in [0.25, 0.3) is 33.4 Å². The Hall–Kier alpha value is -2.69. The molecule has 0 N–H and O–H groups in total. The van der Waals surface area contributed by atoms with Crippen molar-refractivity contribution >= 4 is 14.5 Å². The minimum atomic E-state index is 0.696. The van der Waals surface area contributed by atoms with Crippen molar-refractivity contribution in [1.82, 2.24) is 0 Å². The Morgan fingerprint density at radius 3 is 1.51 bits per heavy atom. The minimum absolute atomic E-state index is 0.696. The van der Waals surface area contributed by atoms with E-state index in [1.54, 1.807) is 11.1 Å². The molecule has 4 aromatic carbocycles. The van der Waals surface area contributed by atoms with Crippen molar-refractivity contribution in [3.05, 3.63) is 102 Å². The van der Waals surface area contributed by atoms with Gasteiger partial charge in [-0.3, -0.25) is 0 Å². The second kappa shape index (κ2) is 11.4. The van der Waals surface area contributed by atoms with E-state index in [1.807, 2.05) is 0 Å². The molecular weight excluding hydrogens is 463 g/mol. The van der Waals surface area contributed by atoms with Crippen molar-refractivity contribution in [3.63, 3.8) is 0 Å². The number of hydrogen-bond acceptors (Lipinski definition) is 0. The average molecular weight is 503 g/mol. The summed E-state index contributed by atoms with van der Waals surface area (Å²) in [5.74, 6) is 1.43. The van der Waals surface area contributed by atoms with Gasteiger partial charge in [-0.2, -0.15) is 0 Å². The first-order chi connectivity index (χ1) is 18.3. The zero-order valence-electron chi connectivity index (χ0n) is 22.0. The first kappa shape index (κ1) is 24.6. The minimum Gasteiger partial charge on any atom is -0.105 e. The fourth-order valence-corrected chi connectivity index (χ4v) is 7.69. The molecule has 2 fully saturated rings. The van der Waals surface area contributed by atoms with E-state index in [2.05, 4.69) is 100 Å². The molecule has 2 aliphatic rings. The SMILES string of the molecule is Pc1c(-c2c(-c3ccccc3)cccc2-c2ccccc2)ccc(C2CCCCC2)c1C1CCCCC1. The summed E-state index contributed by atoms with van der Waals surface area (Å²) in [6, 6.07) is 33.8. The number of rotatable bonds is 5. The lowest BCUT2D eigenvalue weighted by Gasteiger charge is -2.32. The highest BCUT2D eigenvalue weighted by Crippen LogP contribution is 2.45. The van der Waals surface area contributed by atoms with Gasteiger partial charge in [0.05, 0.1) is 0 Å². The molecule has 0 bridgehead atoms. The molecule has 1 unspecified atom stereocenters. The summed E-state index contributed by atoms with van der Waals surface area (Å²) in [6.45, 7) is 0. The Bertz CT molecular complexity index is 1270. The zero-order chi connectivity index (χ0) is 25.0. The normalized spacial score (nSPS) is 17.1. The molecule has 37 heavy (non-hydrogen) atoms. The van der Waals surface area contributed by atoms with Gasteiger partial charge in [-0.15, -0.1) is 9.24 Å². The van der Waals surface area contributed by atoms with Crippen LogP contribution < -0.4 is 5.30 Å². The molecule has 0 nitrogen and oxygen atoms in total. The van der Waals surface area contributed by atoms with Gasteiger partial charge in [-0.1, -0.05) is 130 Å². The maximum absolute atomic E-state index is 3.26. The average Bonchev–Trinajstić information content (AvgIpc) is 2.98. The van der Waals surface area contributed by atoms with E-state index in [0.717, 1.165) is 5.92 Å². The Kier molecular flexibility index (Phi) is 7.57. The van der Waals surface area contributed by atoms with E-state index in [1.165, 1.54) is 103 Å². The monoisotopic (exact) mass is 502 g/mol. The highest BCUT2D eigenvalue weighted by molar-refractivity contribution is 7.28. The molecule has 0 heterocycles. The first-order valence-electron chi connectivity index (χ1n) is 14.5. The van der Waals surface area contributed by atoms with Crippen LogP contribution in [0.1, 0.15) is 87.2 Å². The molecule has 0 aliphatic heterocycles. The molecule has 0 saturated heterocycles. The Labute approximate surface area is 225 Å². The van der Waals surface area contributed by atoms with Gasteiger partial charge in [0.25, 0.3) is 0 Å². The van der Waals surface area contributed by atoms with Crippen molar-refractivity contribution in [1.29, 1.82) is 0 Å². The lowest BCUT2D eigenvalue weighted by Crippen LogP contribution is -2.20. The van der Waals surface area contributed by atoms with Crippen molar-refractivity contribution in [2.24, 2.45) is 0 Å². The van der Waals surface area contributed by atoms with E-state index in [0.29, 0.717) is 5.92 Å². The summed E-state index contributed by atoms with van der Waals surface area (Å²) >= 11 is 0. The summed E-state index contributed by atoms with van der Waals surface area (Å²) < 4.78 is 0. The van der Waals surface area contributed by atoms with Crippen molar-refractivity contribution in [2.75, 3.05) is 0 Å². The van der Waals surface area contributed by atoms with Gasteiger partial charge in [0, 0.05) is 0 Å². The van der Waals surface area contributed by atoms with E-state index in [9.17, 15) is 0 Å². The van der Waals surface area contributed by atoms with Crippen molar-refractivity contribution in [3.8, 4) is 33.4 Å². The Morgan fingerprint density at radius 2 is 0.973 bits per heavy atom. The second-order valence-corrected chi connectivity index (χ2v) is 11.7. The topological polar surface area (TPSA) is 0 Å². The predicted molar refractivity (Wildman–Crippen MR) is 164 cm³/mol. The van der Waals surface area contributed by atoms with E-state index in [-0.39, 0.29) is 0 Å². The third-order valence-electron chi connectivity index (χ3n) is 8.88. The molecule has 4 aromatic rings. The van der Waals surface area contributed by atoms with Crippen LogP contribution in [0.15, 0.2) is 91.0 Å². The molecule has 0 amide bonds. The number of hydrogen-bond donors (Lipinski definition) is 0. The van der Waals surface area contributed by atoms with Gasteiger partial charge in [0.2, 0.25) is 0 Å². The van der Waals surface area contributed by atoms with Gasteiger partial charge < -0.3 is 0 Å². The zero-order valence-corrected chi connectivity index (χ0v) is 23.1. The third-order valence-corrected chi connectivity index (χ3v) is 9.50. The molecule has 2 aliphatic carbocycles. The molecule has 2 saturated carbocycles. The van der Waals surface area contributed by atoms with Crippen LogP contribution in [0.5, 0.6) is 0 Å². The molecular formula is C36H39P. The molecule has 1 heteroatoms. The lowest BCUT2D eigenvalue weighted by molar-refractivity contribution is 0.420. The summed E-state index contributed by atoms with van der Waals surface area (Å²) in [5, 5.41) is 1.45. The maximum Gasteiger partial charge on any atom is -0.00205 e. The van der Waals surface area contributed by atoms with Crippen LogP contribution in [-0.4, -0.2) is 0 Å². The summed E-state index contributed by atoms with van der Waals surface area (Å²) in [5.41, 5.74) is 11.3. The van der Waals surface area contributed by atoms with Crippen molar-refractivity contribution < 1.29 is 0 Å². The quantitative estimate of drug-likeness (QED) is 0.238. The second-order valence-electron chi connectivity index (χ2n) is 11.2. The third kappa shape index (κ3) is 5.06. The lowest BCUT2D eigenvalue weighted by atomic mass is 9.74. The standard InChI is InChI=1S/C36H39P/c37-36-33(25-24-32(28-18-9-3-10-19-28)34(36)29-20-11-4-12-21-29)35-30(26-14-5-1-6-15-26)22-13-23-31(35)27-16-7-2-8-17-27/h1-2,5-8,13-17,22-25,28-29H,3-4,9-12,18-21,37H2. The van der Waals surface area contributed by atoms with Crippen LogP contribution in [0.2, 0.25) is 0 Å². The molecule has 6 rings (SSSR count). The Balaban J connectivity index is 1.59. The highest BCUT2D eigenvalue weighted by Gasteiger charge is 2.28. The molecule has 188 valence electrons. The van der Waals surface area contributed by atoms with E-state index >= 15 is 0 Å². The Morgan fingerprint density at radius 1 is 0.459 bits per heavy atom. The molecule has 0 radical (unpaired) electrons. The van der Waals surface area contributed by atoms with Gasteiger partial charge in [0.1, 0.15) is 0 Å². The molecule has 0 spiro atoms. The summed E-state index contributed by atoms with van der Waals surface area (Å²) in [4.78, 5) is 0. The largest absolute Gasteiger partial charge is 0.105 e. The van der Waals surface area contributed by atoms with Gasteiger partial charge >= 0.3 is 0 Å². The number of benzene rings is 4. The summed E-state index contributed by atoms with van der Waals surface area (Å²) in [6.07, 6.45) is 13.7. The van der Waals surface area contributed by atoms with Crippen LogP contribution >= 0.6 is 9.24 Å². The highest BCUT2D eigenvalue weighted by atomic mass is 31.0. The van der Waals surface area contributed by atoms with Crippen LogP contribution in [0, 0.1) is 0 Å². The van der Waals surface area contributed by atoms with Gasteiger partial charge in [0.15, 0.2) is 0 Å². The smallest absolute Gasteiger partial charge is 0.00205 e. The van der Waals surface area contributed by atoms with E-state index < -0.39 is 0 Å². The van der Waals surface area contributed by atoms with Crippen LogP contribution in [-0.2, 0) is 0 Å². The first-order valence-corrected chi connectivity index (χ1v) is 15.1. The van der Waals surface area contributed by atoms with Crippen molar-refractivity contribution in [2.45, 2.75) is 76.0 Å². The van der Waals surface area contributed by atoms with Gasteiger partial charge in [-0.05, 0) is 87.3 Å². The predicted octanol–water partition coefficient (Wildman–Crippen LogP) is 10.3. The van der Waals surface area contributed by atoms with Crippen LogP contribution in [0.3, 0.4) is 0 Å².